The van der Waals surface area contributed by atoms with Gasteiger partial charge >= 0.3 is 0 Å². The van der Waals surface area contributed by atoms with Crippen LogP contribution in [-0.2, 0) is 4.74 Å². The van der Waals surface area contributed by atoms with Gasteiger partial charge in [-0.1, -0.05) is 38.2 Å². The van der Waals surface area contributed by atoms with Crippen molar-refractivity contribution in [2.45, 2.75) is 82.9 Å². The van der Waals surface area contributed by atoms with Crippen LogP contribution in [-0.4, -0.2) is 18.9 Å². The number of ether oxygens (including phenoxy) is 1. The highest BCUT2D eigenvalue weighted by Gasteiger charge is 2.28. The van der Waals surface area contributed by atoms with Gasteiger partial charge in [0.05, 0.1) is 12.7 Å². The van der Waals surface area contributed by atoms with Crippen LogP contribution >= 0.6 is 0 Å². The second-order valence-corrected chi connectivity index (χ2v) is 6.76. The topological polar surface area (TPSA) is 9.23 Å². The summed E-state index contributed by atoms with van der Waals surface area (Å²) in [5.41, 5.74) is 0. The number of alkyl halides is 1. The minimum Gasteiger partial charge on any atom is -0.375 e. The molecule has 20 heavy (non-hydrogen) atoms. The summed E-state index contributed by atoms with van der Waals surface area (Å²) >= 11 is 0. The summed E-state index contributed by atoms with van der Waals surface area (Å²) in [6.45, 7) is 4.12. The van der Waals surface area contributed by atoms with Crippen molar-refractivity contribution < 1.29 is 9.13 Å². The van der Waals surface area contributed by atoms with E-state index in [1.54, 1.807) is 0 Å². The summed E-state index contributed by atoms with van der Waals surface area (Å²) in [4.78, 5) is 0. The highest BCUT2D eigenvalue weighted by atomic mass is 19.1. The van der Waals surface area contributed by atoms with Crippen LogP contribution in [0.25, 0.3) is 0 Å². The summed E-state index contributed by atoms with van der Waals surface area (Å²) in [7, 11) is 0. The Morgan fingerprint density at radius 3 is 2.40 bits per heavy atom. The van der Waals surface area contributed by atoms with E-state index in [9.17, 15) is 4.39 Å². The molecule has 2 saturated carbocycles. The van der Waals surface area contributed by atoms with E-state index >= 15 is 0 Å². The number of hydrogen-bond donors (Lipinski definition) is 0. The Balaban J connectivity index is 1.61. The molecule has 0 aromatic rings. The van der Waals surface area contributed by atoms with Crippen LogP contribution in [0.3, 0.4) is 0 Å². The zero-order chi connectivity index (χ0) is 14.2. The van der Waals surface area contributed by atoms with Crippen molar-refractivity contribution in [1.82, 2.24) is 0 Å². The van der Waals surface area contributed by atoms with Crippen LogP contribution in [0.5, 0.6) is 0 Å². The Kier molecular flexibility index (Phi) is 7.06. The molecule has 0 saturated heterocycles. The third kappa shape index (κ3) is 5.20. The number of rotatable bonds is 7. The maximum atomic E-state index is 14.3. The summed E-state index contributed by atoms with van der Waals surface area (Å²) in [6, 6.07) is 0. The molecule has 1 unspecified atom stereocenters. The molecule has 0 radical (unpaired) electrons. The molecule has 0 spiro atoms. The van der Waals surface area contributed by atoms with E-state index in [0.717, 1.165) is 38.0 Å². The molecular weight excluding hydrogens is 251 g/mol. The van der Waals surface area contributed by atoms with Crippen molar-refractivity contribution in [3.05, 3.63) is 12.7 Å². The molecule has 2 aliphatic rings. The molecule has 0 bridgehead atoms. The highest BCUT2D eigenvalue weighted by molar-refractivity contribution is 4.80. The van der Waals surface area contributed by atoms with E-state index in [2.05, 4.69) is 6.58 Å². The Bertz CT molecular complexity index is 265. The van der Waals surface area contributed by atoms with E-state index in [-0.39, 0.29) is 5.92 Å². The van der Waals surface area contributed by atoms with Crippen LogP contribution in [0.4, 0.5) is 4.39 Å². The molecule has 2 rings (SSSR count). The lowest BCUT2D eigenvalue weighted by Gasteiger charge is -2.31. The van der Waals surface area contributed by atoms with E-state index in [1.165, 1.54) is 38.5 Å². The first-order chi connectivity index (χ1) is 9.79. The molecule has 116 valence electrons. The van der Waals surface area contributed by atoms with Gasteiger partial charge in [-0.05, 0) is 50.4 Å². The monoisotopic (exact) mass is 282 g/mol. The predicted molar refractivity (Wildman–Crippen MR) is 82.6 cm³/mol. The lowest BCUT2D eigenvalue weighted by molar-refractivity contribution is -0.0204. The molecule has 0 heterocycles. The van der Waals surface area contributed by atoms with Crippen molar-refractivity contribution in [2.75, 3.05) is 6.61 Å². The largest absolute Gasteiger partial charge is 0.375 e. The molecule has 0 N–H and O–H groups in total. The van der Waals surface area contributed by atoms with E-state index in [4.69, 9.17) is 4.74 Å². The van der Waals surface area contributed by atoms with E-state index in [1.807, 2.05) is 6.08 Å². The summed E-state index contributed by atoms with van der Waals surface area (Å²) < 4.78 is 20.1. The zero-order valence-corrected chi connectivity index (χ0v) is 12.9. The second-order valence-electron chi connectivity index (χ2n) is 6.76. The van der Waals surface area contributed by atoms with Crippen molar-refractivity contribution in [2.24, 2.45) is 11.8 Å². The average Bonchev–Trinajstić information content (AvgIpc) is 2.52. The lowest BCUT2D eigenvalue weighted by atomic mass is 9.78. The van der Waals surface area contributed by atoms with Crippen molar-refractivity contribution in [3.63, 3.8) is 0 Å². The van der Waals surface area contributed by atoms with Gasteiger partial charge in [0.1, 0.15) is 6.17 Å². The van der Waals surface area contributed by atoms with Gasteiger partial charge < -0.3 is 4.74 Å². The third-order valence-corrected chi connectivity index (χ3v) is 5.23. The molecular formula is C18H31FO. The van der Waals surface area contributed by atoms with Crippen molar-refractivity contribution >= 4 is 0 Å². The van der Waals surface area contributed by atoms with Gasteiger partial charge in [-0.2, -0.15) is 0 Å². The molecule has 0 aromatic carbocycles. The Morgan fingerprint density at radius 2 is 1.75 bits per heavy atom. The smallest absolute Gasteiger partial charge is 0.126 e. The van der Waals surface area contributed by atoms with Crippen LogP contribution in [0.2, 0.25) is 0 Å². The van der Waals surface area contributed by atoms with Gasteiger partial charge in [0.25, 0.3) is 0 Å². The predicted octanol–water partition coefficient (Wildman–Crippen LogP) is 5.45. The quantitative estimate of drug-likeness (QED) is 0.564. The van der Waals surface area contributed by atoms with Gasteiger partial charge in [-0.15, -0.1) is 6.58 Å². The lowest BCUT2D eigenvalue weighted by Crippen LogP contribution is -2.29. The first kappa shape index (κ1) is 16.0. The fourth-order valence-corrected chi connectivity index (χ4v) is 3.79. The molecule has 0 aliphatic heterocycles. The normalized spacial score (nSPS) is 30.1. The molecule has 2 aliphatic carbocycles. The minimum absolute atomic E-state index is 0.249. The molecule has 0 aromatic heterocycles. The van der Waals surface area contributed by atoms with Gasteiger partial charge in [-0.3, -0.25) is 0 Å². The average molecular weight is 282 g/mol. The Morgan fingerprint density at radius 1 is 1.05 bits per heavy atom. The standard InChI is InChI=1S/C18H31FO/c1-2-3-7-15-10-12-16(13-11-15)18(19)14-20-17-8-5-4-6-9-17/h2,15-18H,1,3-14H2. The Hall–Kier alpha value is -0.370. The van der Waals surface area contributed by atoms with Crippen molar-refractivity contribution in [3.8, 4) is 0 Å². The maximum absolute atomic E-state index is 14.3. The maximum Gasteiger partial charge on any atom is 0.126 e. The van der Waals surface area contributed by atoms with Crippen molar-refractivity contribution in [1.29, 1.82) is 0 Å². The Labute approximate surface area is 124 Å². The van der Waals surface area contributed by atoms with Gasteiger partial charge in [-0.25, -0.2) is 4.39 Å². The number of halogens is 1. The summed E-state index contributed by atoms with van der Waals surface area (Å²) in [6.07, 6.45) is 14.6. The van der Waals surface area contributed by atoms with Crippen LogP contribution in [0.15, 0.2) is 12.7 Å². The van der Waals surface area contributed by atoms with E-state index in [0.29, 0.717) is 12.7 Å². The molecule has 0 amide bonds. The van der Waals surface area contributed by atoms with Crippen LogP contribution in [0.1, 0.15) is 70.6 Å². The van der Waals surface area contributed by atoms with Gasteiger partial charge in [0.15, 0.2) is 0 Å². The van der Waals surface area contributed by atoms with Crippen LogP contribution in [0, 0.1) is 11.8 Å². The summed E-state index contributed by atoms with van der Waals surface area (Å²) in [5, 5.41) is 0. The number of hydrogen-bond acceptors (Lipinski definition) is 1. The SMILES string of the molecule is C=CCCC1CCC(C(F)COC2CCCCC2)CC1. The van der Waals surface area contributed by atoms with Gasteiger partial charge in [0.2, 0.25) is 0 Å². The van der Waals surface area contributed by atoms with E-state index < -0.39 is 6.17 Å². The number of allylic oxidation sites excluding steroid dienone is 1. The molecule has 2 heteroatoms. The first-order valence-electron chi connectivity index (χ1n) is 8.66. The zero-order valence-electron chi connectivity index (χ0n) is 12.9. The van der Waals surface area contributed by atoms with Gasteiger partial charge in [0, 0.05) is 0 Å². The minimum atomic E-state index is -0.739. The first-order valence-corrected chi connectivity index (χ1v) is 8.66. The second kappa shape index (κ2) is 8.81. The third-order valence-electron chi connectivity index (χ3n) is 5.23. The molecule has 1 atom stereocenters. The highest BCUT2D eigenvalue weighted by Crippen LogP contribution is 2.34. The van der Waals surface area contributed by atoms with Crippen LogP contribution < -0.4 is 0 Å². The fraction of sp³-hybridized carbons (Fsp3) is 0.889. The molecule has 2 fully saturated rings. The fourth-order valence-electron chi connectivity index (χ4n) is 3.79. The summed E-state index contributed by atoms with van der Waals surface area (Å²) in [5.74, 6) is 1.05. The molecule has 1 nitrogen and oxygen atoms in total.